The van der Waals surface area contributed by atoms with Crippen molar-refractivity contribution in [2.24, 2.45) is 0 Å². The van der Waals surface area contributed by atoms with E-state index in [-0.39, 0.29) is 6.04 Å². The third-order valence-corrected chi connectivity index (χ3v) is 3.97. The molecule has 4 heteroatoms. The van der Waals surface area contributed by atoms with Gasteiger partial charge >= 0.3 is 0 Å². The highest BCUT2D eigenvalue weighted by atomic mass is 79.9. The molecule has 0 bridgehead atoms. The third kappa shape index (κ3) is 2.81. The molecule has 1 aliphatic rings. The first-order valence-electron chi connectivity index (χ1n) is 6.57. The molecule has 0 fully saturated rings. The average molecular weight is 334 g/mol. The van der Waals surface area contributed by atoms with E-state index in [0.717, 1.165) is 22.4 Å². The fourth-order valence-corrected chi connectivity index (χ4v) is 2.86. The van der Waals surface area contributed by atoms with Crippen LogP contribution in [0, 0.1) is 0 Å². The number of hydrogen-bond donors (Lipinski definition) is 1. The lowest BCUT2D eigenvalue weighted by atomic mass is 9.98. The highest BCUT2D eigenvalue weighted by Gasteiger charge is 2.17. The van der Waals surface area contributed by atoms with Crippen molar-refractivity contribution in [1.29, 1.82) is 0 Å². The highest BCUT2D eigenvalue weighted by Crippen LogP contribution is 2.34. The molecule has 0 aliphatic carbocycles. The van der Waals surface area contributed by atoms with Crippen molar-refractivity contribution in [2.45, 2.75) is 12.5 Å². The molecule has 3 nitrogen and oxygen atoms in total. The van der Waals surface area contributed by atoms with Gasteiger partial charge in [0.1, 0.15) is 0 Å². The Morgan fingerprint density at radius 3 is 2.80 bits per heavy atom. The molecular formula is C16H16BrNO2. The Bertz CT molecular complexity index is 615. The SMILES string of the molecule is CNC(Cc1cccc(Br)c1)c1ccc2c(c1)OCO2. The van der Waals surface area contributed by atoms with Crippen LogP contribution in [0.2, 0.25) is 0 Å². The molecule has 104 valence electrons. The summed E-state index contributed by atoms with van der Waals surface area (Å²) in [5.41, 5.74) is 2.49. The summed E-state index contributed by atoms with van der Waals surface area (Å²) in [7, 11) is 1.98. The third-order valence-electron chi connectivity index (χ3n) is 3.48. The quantitative estimate of drug-likeness (QED) is 0.925. The second kappa shape index (κ2) is 5.85. The Balaban J connectivity index is 1.83. The van der Waals surface area contributed by atoms with Gasteiger partial charge in [-0.3, -0.25) is 0 Å². The van der Waals surface area contributed by atoms with E-state index in [1.165, 1.54) is 11.1 Å². The molecule has 1 unspecified atom stereocenters. The first kappa shape index (κ1) is 13.5. The first-order chi connectivity index (χ1) is 9.76. The van der Waals surface area contributed by atoms with Crippen LogP contribution in [0.4, 0.5) is 0 Å². The number of likely N-dealkylation sites (N-methyl/N-ethyl adjacent to an activating group) is 1. The molecular weight excluding hydrogens is 318 g/mol. The number of fused-ring (bicyclic) bond motifs is 1. The van der Waals surface area contributed by atoms with Crippen LogP contribution in [-0.2, 0) is 6.42 Å². The zero-order valence-corrected chi connectivity index (χ0v) is 12.8. The lowest BCUT2D eigenvalue weighted by Gasteiger charge is -2.17. The first-order valence-corrected chi connectivity index (χ1v) is 7.37. The van der Waals surface area contributed by atoms with E-state index in [0.29, 0.717) is 6.79 Å². The lowest BCUT2D eigenvalue weighted by Crippen LogP contribution is -2.18. The summed E-state index contributed by atoms with van der Waals surface area (Å²) in [5, 5.41) is 3.37. The predicted octanol–water partition coefficient (Wildman–Crippen LogP) is 3.68. The zero-order valence-electron chi connectivity index (χ0n) is 11.2. The molecule has 0 saturated carbocycles. The van der Waals surface area contributed by atoms with Crippen molar-refractivity contribution >= 4 is 15.9 Å². The fraction of sp³-hybridized carbons (Fsp3) is 0.250. The summed E-state index contributed by atoms with van der Waals surface area (Å²) >= 11 is 3.51. The van der Waals surface area contributed by atoms with Gasteiger partial charge in [0, 0.05) is 10.5 Å². The van der Waals surface area contributed by atoms with E-state index in [1.54, 1.807) is 0 Å². The average Bonchev–Trinajstić information content (AvgIpc) is 2.92. The van der Waals surface area contributed by atoms with Gasteiger partial charge in [-0.25, -0.2) is 0 Å². The molecule has 0 radical (unpaired) electrons. The van der Waals surface area contributed by atoms with Crippen molar-refractivity contribution in [3.05, 3.63) is 58.1 Å². The van der Waals surface area contributed by atoms with Gasteiger partial charge in [0.2, 0.25) is 6.79 Å². The summed E-state index contributed by atoms with van der Waals surface area (Å²) in [4.78, 5) is 0. The van der Waals surface area contributed by atoms with Gasteiger partial charge in [0.05, 0.1) is 0 Å². The van der Waals surface area contributed by atoms with E-state index in [2.05, 4.69) is 51.6 Å². The highest BCUT2D eigenvalue weighted by molar-refractivity contribution is 9.10. The van der Waals surface area contributed by atoms with Gasteiger partial charge in [0.25, 0.3) is 0 Å². The standard InChI is InChI=1S/C16H16BrNO2/c1-18-14(8-11-3-2-4-13(17)7-11)12-5-6-15-16(9-12)20-10-19-15/h2-7,9,14,18H,8,10H2,1H3. The summed E-state index contributed by atoms with van der Waals surface area (Å²) in [6, 6.07) is 14.8. The van der Waals surface area contributed by atoms with Crippen molar-refractivity contribution in [3.8, 4) is 11.5 Å². The lowest BCUT2D eigenvalue weighted by molar-refractivity contribution is 0.174. The molecule has 1 N–H and O–H groups in total. The minimum Gasteiger partial charge on any atom is -0.454 e. The Kier molecular flexibility index (Phi) is 3.94. The summed E-state index contributed by atoms with van der Waals surface area (Å²) in [6.07, 6.45) is 0.926. The van der Waals surface area contributed by atoms with Crippen LogP contribution in [0.15, 0.2) is 46.9 Å². The van der Waals surface area contributed by atoms with E-state index in [1.807, 2.05) is 19.2 Å². The molecule has 1 heterocycles. The van der Waals surface area contributed by atoms with Crippen molar-refractivity contribution in [1.82, 2.24) is 5.32 Å². The minimum atomic E-state index is 0.249. The van der Waals surface area contributed by atoms with Crippen LogP contribution >= 0.6 is 15.9 Å². The smallest absolute Gasteiger partial charge is 0.231 e. The number of hydrogen-bond acceptors (Lipinski definition) is 3. The number of rotatable bonds is 4. The fourth-order valence-electron chi connectivity index (χ4n) is 2.42. The normalized spacial score (nSPS) is 14.3. The number of benzene rings is 2. The molecule has 3 rings (SSSR count). The topological polar surface area (TPSA) is 30.5 Å². The minimum absolute atomic E-state index is 0.249. The summed E-state index contributed by atoms with van der Waals surface area (Å²) < 4.78 is 11.9. The van der Waals surface area contributed by atoms with Crippen molar-refractivity contribution in [3.63, 3.8) is 0 Å². The van der Waals surface area contributed by atoms with Crippen LogP contribution in [0.5, 0.6) is 11.5 Å². The Morgan fingerprint density at radius 2 is 2.00 bits per heavy atom. The van der Waals surface area contributed by atoms with Gasteiger partial charge in [0.15, 0.2) is 11.5 Å². The number of ether oxygens (including phenoxy) is 2. The summed E-state index contributed by atoms with van der Waals surface area (Å²) in [6.45, 7) is 0.314. The van der Waals surface area contributed by atoms with Gasteiger partial charge in [-0.1, -0.05) is 34.1 Å². The number of nitrogens with one attached hydrogen (secondary N) is 1. The largest absolute Gasteiger partial charge is 0.454 e. The monoisotopic (exact) mass is 333 g/mol. The Morgan fingerprint density at radius 1 is 1.15 bits per heavy atom. The van der Waals surface area contributed by atoms with Crippen LogP contribution in [0.25, 0.3) is 0 Å². The van der Waals surface area contributed by atoms with Gasteiger partial charge in [-0.2, -0.15) is 0 Å². The maximum absolute atomic E-state index is 5.45. The predicted molar refractivity (Wildman–Crippen MR) is 82.2 cm³/mol. The number of halogens is 1. The molecule has 0 aromatic heterocycles. The summed E-state index contributed by atoms with van der Waals surface area (Å²) in [5.74, 6) is 1.66. The maximum atomic E-state index is 5.45. The van der Waals surface area contributed by atoms with Crippen LogP contribution in [-0.4, -0.2) is 13.8 Å². The Hall–Kier alpha value is -1.52. The zero-order chi connectivity index (χ0) is 13.9. The van der Waals surface area contributed by atoms with Crippen LogP contribution in [0.1, 0.15) is 17.2 Å². The van der Waals surface area contributed by atoms with Crippen molar-refractivity contribution in [2.75, 3.05) is 13.8 Å². The van der Waals surface area contributed by atoms with E-state index in [4.69, 9.17) is 9.47 Å². The van der Waals surface area contributed by atoms with E-state index in [9.17, 15) is 0 Å². The second-order valence-corrected chi connectivity index (χ2v) is 5.70. The maximum Gasteiger partial charge on any atom is 0.231 e. The van der Waals surface area contributed by atoms with E-state index >= 15 is 0 Å². The molecule has 2 aromatic carbocycles. The van der Waals surface area contributed by atoms with Crippen LogP contribution in [0.3, 0.4) is 0 Å². The van der Waals surface area contributed by atoms with Crippen LogP contribution < -0.4 is 14.8 Å². The van der Waals surface area contributed by atoms with E-state index < -0.39 is 0 Å². The van der Waals surface area contributed by atoms with Gasteiger partial charge in [-0.15, -0.1) is 0 Å². The Labute approximate surface area is 127 Å². The molecule has 1 atom stereocenters. The second-order valence-electron chi connectivity index (χ2n) is 4.79. The molecule has 0 spiro atoms. The molecule has 1 aliphatic heterocycles. The molecule has 2 aromatic rings. The molecule has 20 heavy (non-hydrogen) atoms. The van der Waals surface area contributed by atoms with Crippen molar-refractivity contribution < 1.29 is 9.47 Å². The van der Waals surface area contributed by atoms with Gasteiger partial charge in [-0.05, 0) is 48.9 Å². The molecule has 0 saturated heterocycles. The van der Waals surface area contributed by atoms with Gasteiger partial charge < -0.3 is 14.8 Å². The molecule has 0 amide bonds.